The minimum absolute atomic E-state index is 0.508. The zero-order valence-electron chi connectivity index (χ0n) is 13.8. The van der Waals surface area contributed by atoms with E-state index in [-0.39, 0.29) is 0 Å². The van der Waals surface area contributed by atoms with Crippen molar-refractivity contribution in [3.05, 3.63) is 66.0 Å². The van der Waals surface area contributed by atoms with E-state index in [1.165, 1.54) is 16.9 Å². The lowest BCUT2D eigenvalue weighted by Crippen LogP contribution is -1.99. The second-order valence-electron chi connectivity index (χ2n) is 5.54. The van der Waals surface area contributed by atoms with Crippen LogP contribution >= 0.6 is 23.1 Å². The van der Waals surface area contributed by atoms with Gasteiger partial charge in [0.05, 0.1) is 11.3 Å². The van der Waals surface area contributed by atoms with E-state index < -0.39 is 0 Å². The molecule has 0 spiro atoms. The highest BCUT2D eigenvalue weighted by Crippen LogP contribution is 2.28. The Labute approximate surface area is 158 Å². The summed E-state index contributed by atoms with van der Waals surface area (Å²) in [4.78, 5) is 8.95. The van der Waals surface area contributed by atoms with Crippen LogP contribution in [0.15, 0.2) is 58.9 Å². The maximum absolute atomic E-state index is 6.03. The molecule has 0 unspecified atom stereocenters. The predicted molar refractivity (Wildman–Crippen MR) is 107 cm³/mol. The molecular formula is C18H16N6S2. The number of benzene rings is 2. The summed E-state index contributed by atoms with van der Waals surface area (Å²) in [5, 5.41) is 13.4. The molecule has 0 bridgehead atoms. The highest BCUT2D eigenvalue weighted by Gasteiger charge is 2.09. The van der Waals surface area contributed by atoms with Crippen molar-refractivity contribution >= 4 is 45.0 Å². The molecule has 3 N–H and O–H groups in total. The van der Waals surface area contributed by atoms with E-state index in [0.29, 0.717) is 17.4 Å². The van der Waals surface area contributed by atoms with E-state index in [2.05, 4.69) is 37.6 Å². The monoisotopic (exact) mass is 380 g/mol. The van der Waals surface area contributed by atoms with Crippen LogP contribution in [0.4, 0.5) is 10.9 Å². The van der Waals surface area contributed by atoms with Crippen LogP contribution in [0.1, 0.15) is 11.4 Å². The first-order valence-corrected chi connectivity index (χ1v) is 9.83. The normalized spacial score (nSPS) is 10.9. The molecule has 2 heterocycles. The number of thioether (sulfide) groups is 1. The Morgan fingerprint density at radius 1 is 0.962 bits per heavy atom. The van der Waals surface area contributed by atoms with Gasteiger partial charge in [-0.15, -0.1) is 10.2 Å². The Bertz CT molecular complexity index is 1020. The van der Waals surface area contributed by atoms with Crippen molar-refractivity contribution in [2.24, 2.45) is 0 Å². The second-order valence-corrected chi connectivity index (χ2v) is 7.74. The van der Waals surface area contributed by atoms with Crippen LogP contribution < -0.4 is 11.1 Å². The summed E-state index contributed by atoms with van der Waals surface area (Å²) in [7, 11) is 0. The molecule has 4 aromatic rings. The summed E-state index contributed by atoms with van der Waals surface area (Å²) in [6, 6.07) is 17.9. The number of aromatic nitrogens is 4. The fraction of sp³-hybridized carbons (Fsp3) is 0.111. The van der Waals surface area contributed by atoms with Crippen LogP contribution in [0.2, 0.25) is 0 Å². The molecule has 26 heavy (non-hydrogen) atoms. The molecule has 0 saturated heterocycles. The van der Waals surface area contributed by atoms with Gasteiger partial charge in [-0.1, -0.05) is 65.6 Å². The SMILES string of the molecule is Nc1nc(CSc2nnc(NCc3ccccc3)s2)nc2ccccc12. The van der Waals surface area contributed by atoms with Gasteiger partial charge in [-0.2, -0.15) is 0 Å². The zero-order valence-corrected chi connectivity index (χ0v) is 15.4. The summed E-state index contributed by atoms with van der Waals surface area (Å²) in [5.74, 6) is 1.80. The van der Waals surface area contributed by atoms with Gasteiger partial charge < -0.3 is 11.1 Å². The Hall–Kier alpha value is -2.71. The molecule has 0 atom stereocenters. The van der Waals surface area contributed by atoms with Crippen molar-refractivity contribution in [1.82, 2.24) is 20.2 Å². The number of nitrogens with one attached hydrogen (secondary N) is 1. The molecule has 0 radical (unpaired) electrons. The average molecular weight is 381 g/mol. The molecule has 2 aromatic heterocycles. The first-order chi connectivity index (χ1) is 12.8. The lowest BCUT2D eigenvalue weighted by atomic mass is 10.2. The fourth-order valence-electron chi connectivity index (χ4n) is 2.45. The Morgan fingerprint density at radius 2 is 1.77 bits per heavy atom. The predicted octanol–water partition coefficient (Wildman–Crippen LogP) is 3.97. The smallest absolute Gasteiger partial charge is 0.206 e. The Morgan fingerprint density at radius 3 is 2.65 bits per heavy atom. The van der Waals surface area contributed by atoms with Crippen molar-refractivity contribution in [1.29, 1.82) is 0 Å². The third-order valence-electron chi connectivity index (χ3n) is 3.70. The van der Waals surface area contributed by atoms with E-state index in [1.807, 2.05) is 42.5 Å². The highest BCUT2D eigenvalue weighted by molar-refractivity contribution is 8.00. The summed E-state index contributed by atoms with van der Waals surface area (Å²) in [5.41, 5.74) is 8.09. The van der Waals surface area contributed by atoms with E-state index >= 15 is 0 Å². The Kier molecular flexibility index (Phi) is 4.94. The summed E-state index contributed by atoms with van der Waals surface area (Å²) in [6.45, 7) is 0.727. The number of nitrogens with zero attached hydrogens (tertiary/aromatic N) is 4. The number of nitrogens with two attached hydrogens (primary N) is 1. The minimum Gasteiger partial charge on any atom is -0.383 e. The topological polar surface area (TPSA) is 89.6 Å². The van der Waals surface area contributed by atoms with Gasteiger partial charge in [0.2, 0.25) is 5.13 Å². The molecular weight excluding hydrogens is 364 g/mol. The molecule has 2 aromatic carbocycles. The number of fused-ring (bicyclic) bond motifs is 1. The fourth-order valence-corrected chi connectivity index (χ4v) is 4.06. The summed E-state index contributed by atoms with van der Waals surface area (Å²) >= 11 is 3.08. The Balaban J connectivity index is 1.39. The highest BCUT2D eigenvalue weighted by atomic mass is 32.2. The van der Waals surface area contributed by atoms with Gasteiger partial charge >= 0.3 is 0 Å². The number of hydrogen-bond acceptors (Lipinski definition) is 8. The standard InChI is InChI=1S/C18H16N6S2/c19-16-13-8-4-5-9-14(13)21-15(22-16)11-25-18-24-23-17(26-18)20-10-12-6-2-1-3-7-12/h1-9H,10-11H2,(H,20,23)(H2,19,21,22). The van der Waals surface area contributed by atoms with Crippen molar-refractivity contribution in [3.63, 3.8) is 0 Å². The van der Waals surface area contributed by atoms with Crippen molar-refractivity contribution in [3.8, 4) is 0 Å². The third kappa shape index (κ3) is 3.92. The lowest BCUT2D eigenvalue weighted by Gasteiger charge is -2.04. The molecule has 0 fully saturated rings. The van der Waals surface area contributed by atoms with Gasteiger partial charge in [0.15, 0.2) is 4.34 Å². The van der Waals surface area contributed by atoms with Gasteiger partial charge in [0.1, 0.15) is 11.6 Å². The van der Waals surface area contributed by atoms with E-state index in [1.54, 1.807) is 11.8 Å². The molecule has 130 valence electrons. The van der Waals surface area contributed by atoms with Crippen LogP contribution in [0.5, 0.6) is 0 Å². The average Bonchev–Trinajstić information content (AvgIpc) is 3.14. The van der Waals surface area contributed by atoms with Gasteiger partial charge in [0, 0.05) is 11.9 Å². The number of anilines is 2. The van der Waals surface area contributed by atoms with Crippen LogP contribution in [-0.4, -0.2) is 20.2 Å². The van der Waals surface area contributed by atoms with Gasteiger partial charge in [-0.3, -0.25) is 0 Å². The first kappa shape index (κ1) is 16.7. The molecule has 6 nitrogen and oxygen atoms in total. The quantitative estimate of drug-likeness (QED) is 0.489. The molecule has 0 aliphatic carbocycles. The zero-order chi connectivity index (χ0) is 17.8. The van der Waals surface area contributed by atoms with Crippen LogP contribution in [0, 0.1) is 0 Å². The maximum atomic E-state index is 6.03. The number of para-hydroxylation sites is 1. The molecule has 0 saturated carbocycles. The molecule has 0 aliphatic rings. The maximum Gasteiger partial charge on any atom is 0.206 e. The van der Waals surface area contributed by atoms with Crippen LogP contribution in [0.25, 0.3) is 10.9 Å². The van der Waals surface area contributed by atoms with E-state index in [9.17, 15) is 0 Å². The molecule has 0 amide bonds. The summed E-state index contributed by atoms with van der Waals surface area (Å²) in [6.07, 6.45) is 0. The van der Waals surface area contributed by atoms with Gasteiger partial charge in [-0.05, 0) is 17.7 Å². The van der Waals surface area contributed by atoms with Crippen LogP contribution in [0.3, 0.4) is 0 Å². The minimum atomic E-state index is 0.508. The second kappa shape index (κ2) is 7.67. The molecule has 0 aliphatic heterocycles. The van der Waals surface area contributed by atoms with Crippen molar-refractivity contribution < 1.29 is 0 Å². The van der Waals surface area contributed by atoms with Crippen molar-refractivity contribution in [2.75, 3.05) is 11.1 Å². The number of nitrogen functional groups attached to an aromatic ring is 1. The lowest BCUT2D eigenvalue weighted by molar-refractivity contribution is 0.992. The molecule has 8 heteroatoms. The van der Waals surface area contributed by atoms with E-state index in [0.717, 1.165) is 26.9 Å². The first-order valence-electron chi connectivity index (χ1n) is 8.03. The third-order valence-corrected chi connectivity index (χ3v) is 5.71. The number of rotatable bonds is 6. The van der Waals surface area contributed by atoms with Gasteiger partial charge in [-0.25, -0.2) is 9.97 Å². The number of hydrogen-bond donors (Lipinski definition) is 2. The summed E-state index contributed by atoms with van der Waals surface area (Å²) < 4.78 is 0.871. The van der Waals surface area contributed by atoms with Crippen molar-refractivity contribution in [2.45, 2.75) is 16.6 Å². The van der Waals surface area contributed by atoms with E-state index in [4.69, 9.17) is 5.73 Å². The van der Waals surface area contributed by atoms with Crippen LogP contribution in [-0.2, 0) is 12.3 Å². The van der Waals surface area contributed by atoms with Gasteiger partial charge in [0.25, 0.3) is 0 Å². The molecule has 4 rings (SSSR count). The largest absolute Gasteiger partial charge is 0.383 e.